The van der Waals surface area contributed by atoms with Crippen LogP contribution in [-0.2, 0) is 25.7 Å². The average Bonchev–Trinajstić information content (AvgIpc) is 2.86. The van der Waals surface area contributed by atoms with Crippen molar-refractivity contribution in [3.05, 3.63) is 52.1 Å². The maximum absolute atomic E-state index is 12.7. The fraction of sp³-hybridized carbons (Fsp3) is 0.409. The van der Waals surface area contributed by atoms with Crippen LogP contribution in [0.3, 0.4) is 0 Å². The number of aryl methyl sites for hydroxylation is 4. The van der Waals surface area contributed by atoms with Gasteiger partial charge in [-0.1, -0.05) is 46.4 Å². The molecule has 2 aromatic carbocycles. The first-order valence-corrected chi connectivity index (χ1v) is 8.92. The van der Waals surface area contributed by atoms with Gasteiger partial charge in [-0.05, 0) is 69.8 Å². The second kappa shape index (κ2) is 5.96. The maximum Gasteiger partial charge on any atom is 0.168 e. The van der Waals surface area contributed by atoms with Crippen LogP contribution in [0.25, 0.3) is 16.3 Å². The van der Waals surface area contributed by atoms with E-state index in [9.17, 15) is 4.79 Å². The van der Waals surface area contributed by atoms with Gasteiger partial charge >= 0.3 is 0 Å². The van der Waals surface area contributed by atoms with Crippen LogP contribution in [0.1, 0.15) is 72.3 Å². The molecule has 0 aromatic heterocycles. The molecule has 0 fully saturated rings. The molecule has 23 heavy (non-hydrogen) atoms. The van der Waals surface area contributed by atoms with Gasteiger partial charge in [0, 0.05) is 12.0 Å². The van der Waals surface area contributed by atoms with Crippen molar-refractivity contribution in [2.75, 3.05) is 0 Å². The molecule has 0 spiro atoms. The van der Waals surface area contributed by atoms with Crippen molar-refractivity contribution in [3.63, 3.8) is 0 Å². The van der Waals surface area contributed by atoms with E-state index in [2.05, 4.69) is 46.4 Å². The third kappa shape index (κ3) is 2.17. The minimum atomic E-state index is 0.266. The third-order valence-corrected chi connectivity index (χ3v) is 5.31. The van der Waals surface area contributed by atoms with Gasteiger partial charge in [0.05, 0.1) is 0 Å². The highest BCUT2D eigenvalue weighted by Gasteiger charge is 2.31. The van der Waals surface area contributed by atoms with Gasteiger partial charge in [0.2, 0.25) is 0 Å². The lowest BCUT2D eigenvalue weighted by Crippen LogP contribution is -2.06. The highest BCUT2D eigenvalue weighted by molar-refractivity contribution is 6.17. The quantitative estimate of drug-likeness (QED) is 0.709. The summed E-state index contributed by atoms with van der Waals surface area (Å²) in [6.07, 6.45) is 4.38. The Kier molecular flexibility index (Phi) is 4.14. The molecule has 0 saturated heterocycles. The summed E-state index contributed by atoms with van der Waals surface area (Å²) in [5.41, 5.74) is 8.53. The van der Waals surface area contributed by atoms with Gasteiger partial charge in [0.1, 0.15) is 0 Å². The number of fused-ring (bicyclic) bond motifs is 2. The molecule has 2 aromatic rings. The molecule has 1 aliphatic carbocycles. The Hall–Kier alpha value is -1.89. The van der Waals surface area contributed by atoms with E-state index >= 15 is 0 Å². The first kappa shape index (κ1) is 16.0. The number of Topliss-reactive ketones (excluding diaryl/α,β-unsaturated/α-hetero) is 1. The van der Waals surface area contributed by atoms with Crippen LogP contribution in [0.15, 0.2) is 18.7 Å². The van der Waals surface area contributed by atoms with E-state index in [4.69, 9.17) is 0 Å². The van der Waals surface area contributed by atoms with Gasteiger partial charge in [-0.2, -0.15) is 0 Å². The van der Waals surface area contributed by atoms with Crippen LogP contribution in [0, 0.1) is 0 Å². The average molecular weight is 306 g/mol. The summed E-state index contributed by atoms with van der Waals surface area (Å²) in [7, 11) is 0. The van der Waals surface area contributed by atoms with Crippen molar-refractivity contribution in [1.29, 1.82) is 0 Å². The number of hydrogen-bond acceptors (Lipinski definition) is 1. The molecule has 1 heteroatoms. The Morgan fingerprint density at radius 2 is 1.30 bits per heavy atom. The molecule has 0 bridgehead atoms. The standard InChI is InChI=1S/C22H26O/c1-6-14-10-11-15(7-2)21-17(9-4)22-18(23)12-13(5)19(22)16(8-3)20(14)21/h10-11H,5-9,12H2,1-4H3. The molecule has 1 nitrogen and oxygen atoms in total. The SMILES string of the molecule is C=C1CC(=O)c2c1c(CC)c1c(CC)ccc(CC)c1c2CC. The fourth-order valence-corrected chi connectivity index (χ4v) is 4.29. The zero-order valence-corrected chi connectivity index (χ0v) is 14.8. The Bertz CT molecular complexity index is 755. The molecule has 0 heterocycles. The van der Waals surface area contributed by atoms with E-state index in [0.29, 0.717) is 6.42 Å². The molecule has 0 amide bonds. The van der Waals surface area contributed by atoms with Crippen LogP contribution < -0.4 is 0 Å². The Morgan fingerprint density at radius 1 is 0.826 bits per heavy atom. The normalized spacial score (nSPS) is 13.9. The van der Waals surface area contributed by atoms with Crippen LogP contribution in [0.5, 0.6) is 0 Å². The van der Waals surface area contributed by atoms with Crippen molar-refractivity contribution < 1.29 is 4.79 Å². The smallest absolute Gasteiger partial charge is 0.168 e. The molecule has 0 atom stereocenters. The fourth-order valence-electron chi connectivity index (χ4n) is 4.29. The number of ketones is 1. The lowest BCUT2D eigenvalue weighted by Gasteiger charge is -2.21. The predicted molar refractivity (Wildman–Crippen MR) is 99.4 cm³/mol. The molecule has 1 aliphatic rings. The molecular formula is C22H26O. The summed E-state index contributed by atoms with van der Waals surface area (Å²) >= 11 is 0. The highest BCUT2D eigenvalue weighted by Crippen LogP contribution is 2.43. The highest BCUT2D eigenvalue weighted by atomic mass is 16.1. The van der Waals surface area contributed by atoms with E-state index in [0.717, 1.165) is 36.8 Å². The number of rotatable bonds is 4. The monoisotopic (exact) mass is 306 g/mol. The van der Waals surface area contributed by atoms with Gasteiger partial charge in [-0.3, -0.25) is 4.79 Å². The number of carbonyl (C=O) groups is 1. The van der Waals surface area contributed by atoms with Crippen LogP contribution >= 0.6 is 0 Å². The lowest BCUT2D eigenvalue weighted by molar-refractivity contribution is 0.100. The minimum Gasteiger partial charge on any atom is -0.294 e. The first-order valence-electron chi connectivity index (χ1n) is 8.92. The van der Waals surface area contributed by atoms with Crippen molar-refractivity contribution in [2.24, 2.45) is 0 Å². The number of hydrogen-bond donors (Lipinski definition) is 0. The molecule has 0 unspecified atom stereocenters. The van der Waals surface area contributed by atoms with Crippen molar-refractivity contribution in [3.8, 4) is 0 Å². The zero-order valence-electron chi connectivity index (χ0n) is 14.8. The summed E-state index contributed by atoms with van der Waals surface area (Å²) in [6.45, 7) is 13.0. The second-order valence-electron chi connectivity index (χ2n) is 6.46. The Labute approximate surface area is 139 Å². The summed E-state index contributed by atoms with van der Waals surface area (Å²) < 4.78 is 0. The minimum absolute atomic E-state index is 0.266. The Balaban J connectivity index is 2.63. The topological polar surface area (TPSA) is 17.1 Å². The van der Waals surface area contributed by atoms with E-state index in [-0.39, 0.29) is 5.78 Å². The summed E-state index contributed by atoms with van der Waals surface area (Å²) in [5.74, 6) is 0.266. The third-order valence-electron chi connectivity index (χ3n) is 5.31. The van der Waals surface area contributed by atoms with Crippen molar-refractivity contribution in [1.82, 2.24) is 0 Å². The molecule has 0 N–H and O–H groups in total. The Morgan fingerprint density at radius 3 is 1.74 bits per heavy atom. The zero-order chi connectivity index (χ0) is 16.7. The number of allylic oxidation sites excluding steroid dienone is 1. The van der Waals surface area contributed by atoms with Gasteiger partial charge in [0.25, 0.3) is 0 Å². The van der Waals surface area contributed by atoms with Crippen LogP contribution in [0.4, 0.5) is 0 Å². The van der Waals surface area contributed by atoms with E-state index < -0.39 is 0 Å². The van der Waals surface area contributed by atoms with E-state index in [1.54, 1.807) is 0 Å². The van der Waals surface area contributed by atoms with Gasteiger partial charge in [0.15, 0.2) is 5.78 Å². The molecule has 3 rings (SSSR count). The van der Waals surface area contributed by atoms with Crippen molar-refractivity contribution in [2.45, 2.75) is 59.8 Å². The van der Waals surface area contributed by atoms with E-state index in [1.165, 1.54) is 38.6 Å². The molecule has 0 radical (unpaired) electrons. The first-order chi connectivity index (χ1) is 11.1. The summed E-state index contributed by atoms with van der Waals surface area (Å²) in [6, 6.07) is 4.55. The van der Waals surface area contributed by atoms with Gasteiger partial charge in [-0.25, -0.2) is 0 Å². The molecule has 0 aliphatic heterocycles. The van der Waals surface area contributed by atoms with Crippen molar-refractivity contribution >= 4 is 22.1 Å². The van der Waals surface area contributed by atoms with Crippen LogP contribution in [-0.4, -0.2) is 5.78 Å². The largest absolute Gasteiger partial charge is 0.294 e. The predicted octanol–water partition coefficient (Wildman–Crippen LogP) is 5.69. The molecular weight excluding hydrogens is 280 g/mol. The molecule has 0 saturated carbocycles. The molecule has 120 valence electrons. The number of carbonyl (C=O) groups excluding carboxylic acids is 1. The van der Waals surface area contributed by atoms with Gasteiger partial charge < -0.3 is 0 Å². The van der Waals surface area contributed by atoms with E-state index in [1.807, 2.05) is 0 Å². The summed E-state index contributed by atoms with van der Waals surface area (Å²) in [4.78, 5) is 12.7. The lowest BCUT2D eigenvalue weighted by atomic mass is 9.82. The summed E-state index contributed by atoms with van der Waals surface area (Å²) in [5, 5.41) is 2.76. The second-order valence-corrected chi connectivity index (χ2v) is 6.46. The van der Waals surface area contributed by atoms with Crippen LogP contribution in [0.2, 0.25) is 0 Å². The van der Waals surface area contributed by atoms with Gasteiger partial charge in [-0.15, -0.1) is 0 Å². The number of benzene rings is 2. The maximum atomic E-state index is 12.7.